The zero-order chi connectivity index (χ0) is 24.4. The third kappa shape index (κ3) is 7.71. The van der Waals surface area contributed by atoms with Crippen LogP contribution in [0.25, 0.3) is 10.8 Å². The van der Waals surface area contributed by atoms with E-state index in [9.17, 15) is 14.4 Å². The van der Waals surface area contributed by atoms with Crippen LogP contribution in [-0.4, -0.2) is 36.3 Å². The largest absolute Gasteiger partial charge is 0.370 e. The summed E-state index contributed by atoms with van der Waals surface area (Å²) in [5.41, 5.74) is 12.5. The van der Waals surface area contributed by atoms with Crippen LogP contribution in [0.3, 0.4) is 0 Å². The van der Waals surface area contributed by atoms with E-state index < -0.39 is 29.8 Å². The van der Waals surface area contributed by atoms with Gasteiger partial charge in [-0.05, 0) is 41.0 Å². The molecule has 0 fully saturated rings. The standard InChI is InChI=1S/C26H36N4O3/c1-4-9-18(14-20-12-8-11-19-10-6-7-13-21(19)20)16-29-25(32)22(15-23(27)31)30-26(33)24(28)17(3)5-2/h4,6-8,10-13,17-18,22,24H,1,5,9,14-16,28H2,2-3H3,(H2,27,31)(H,29,32)(H,30,33)/t17-,18+,22+,24+/m1/s1. The lowest BCUT2D eigenvalue weighted by atomic mass is 9.92. The summed E-state index contributed by atoms with van der Waals surface area (Å²) in [6.45, 7) is 8.01. The number of primary amides is 1. The second kappa shape index (κ2) is 12.7. The van der Waals surface area contributed by atoms with E-state index in [2.05, 4.69) is 41.5 Å². The lowest BCUT2D eigenvalue weighted by molar-refractivity contribution is -0.132. The minimum atomic E-state index is -1.06. The van der Waals surface area contributed by atoms with E-state index in [1.165, 1.54) is 16.3 Å². The summed E-state index contributed by atoms with van der Waals surface area (Å²) < 4.78 is 0. The number of hydrogen-bond donors (Lipinski definition) is 4. The zero-order valence-corrected chi connectivity index (χ0v) is 19.6. The van der Waals surface area contributed by atoms with Gasteiger partial charge in [0.05, 0.1) is 12.5 Å². The van der Waals surface area contributed by atoms with Gasteiger partial charge >= 0.3 is 0 Å². The number of carbonyl (C=O) groups excluding carboxylic acids is 3. The molecule has 0 unspecified atom stereocenters. The highest BCUT2D eigenvalue weighted by Crippen LogP contribution is 2.22. The maximum atomic E-state index is 12.8. The van der Waals surface area contributed by atoms with Gasteiger partial charge in [-0.3, -0.25) is 14.4 Å². The minimum absolute atomic E-state index is 0.0556. The van der Waals surface area contributed by atoms with E-state index >= 15 is 0 Å². The zero-order valence-electron chi connectivity index (χ0n) is 19.6. The summed E-state index contributed by atoms with van der Waals surface area (Å²) in [6.07, 6.45) is 3.71. The third-order valence-corrected chi connectivity index (χ3v) is 6.05. The number of nitrogens with one attached hydrogen (secondary N) is 2. The predicted octanol–water partition coefficient (Wildman–Crippen LogP) is 2.42. The summed E-state index contributed by atoms with van der Waals surface area (Å²) >= 11 is 0. The van der Waals surface area contributed by atoms with Gasteiger partial charge in [-0.2, -0.15) is 0 Å². The predicted molar refractivity (Wildman–Crippen MR) is 132 cm³/mol. The van der Waals surface area contributed by atoms with Gasteiger partial charge in [0.1, 0.15) is 6.04 Å². The van der Waals surface area contributed by atoms with Gasteiger partial charge in [0, 0.05) is 6.54 Å². The molecule has 3 amide bonds. The number of carbonyl (C=O) groups is 3. The Labute approximate surface area is 196 Å². The highest BCUT2D eigenvalue weighted by Gasteiger charge is 2.27. The average Bonchev–Trinajstić information content (AvgIpc) is 2.80. The Morgan fingerprint density at radius 3 is 2.45 bits per heavy atom. The molecule has 2 aromatic carbocycles. The van der Waals surface area contributed by atoms with E-state index in [1.807, 2.05) is 38.1 Å². The number of fused-ring (bicyclic) bond motifs is 1. The van der Waals surface area contributed by atoms with Gasteiger partial charge in [0.2, 0.25) is 17.7 Å². The molecule has 0 bridgehead atoms. The Balaban J connectivity index is 2.07. The summed E-state index contributed by atoms with van der Waals surface area (Å²) in [5, 5.41) is 7.82. The Hall–Kier alpha value is -3.19. The van der Waals surface area contributed by atoms with Crippen LogP contribution < -0.4 is 22.1 Å². The molecule has 0 radical (unpaired) electrons. The number of allylic oxidation sites excluding steroid dienone is 1. The first-order chi connectivity index (χ1) is 15.8. The van der Waals surface area contributed by atoms with Crippen molar-refractivity contribution in [1.29, 1.82) is 0 Å². The lowest BCUT2D eigenvalue weighted by Gasteiger charge is -2.23. The molecule has 0 saturated carbocycles. The highest BCUT2D eigenvalue weighted by molar-refractivity contribution is 5.93. The molecular weight excluding hydrogens is 416 g/mol. The Morgan fingerprint density at radius 2 is 1.79 bits per heavy atom. The van der Waals surface area contributed by atoms with Crippen LogP contribution in [-0.2, 0) is 20.8 Å². The van der Waals surface area contributed by atoms with Crippen LogP contribution >= 0.6 is 0 Å². The van der Waals surface area contributed by atoms with E-state index in [4.69, 9.17) is 11.5 Å². The van der Waals surface area contributed by atoms with E-state index in [-0.39, 0.29) is 18.3 Å². The van der Waals surface area contributed by atoms with Gasteiger partial charge in [0.15, 0.2) is 0 Å². The van der Waals surface area contributed by atoms with Crippen LogP contribution in [0.1, 0.15) is 38.7 Å². The molecule has 0 aromatic heterocycles. The normalized spacial score (nSPS) is 14.6. The van der Waals surface area contributed by atoms with Crippen LogP contribution in [0.15, 0.2) is 55.1 Å². The topological polar surface area (TPSA) is 127 Å². The fraction of sp³-hybridized carbons (Fsp3) is 0.423. The fourth-order valence-electron chi connectivity index (χ4n) is 3.81. The first-order valence-electron chi connectivity index (χ1n) is 11.5. The highest BCUT2D eigenvalue weighted by atomic mass is 16.2. The van der Waals surface area contributed by atoms with Crippen molar-refractivity contribution in [1.82, 2.24) is 10.6 Å². The van der Waals surface area contributed by atoms with Gasteiger partial charge < -0.3 is 22.1 Å². The Bertz CT molecular complexity index is 970. The molecule has 33 heavy (non-hydrogen) atoms. The fourth-order valence-corrected chi connectivity index (χ4v) is 3.81. The van der Waals surface area contributed by atoms with Crippen molar-refractivity contribution in [3.8, 4) is 0 Å². The van der Waals surface area contributed by atoms with Gasteiger partial charge in [-0.1, -0.05) is 68.8 Å². The first kappa shape index (κ1) is 26.1. The Kier molecular flexibility index (Phi) is 10.1. The monoisotopic (exact) mass is 452 g/mol. The summed E-state index contributed by atoms with van der Waals surface area (Å²) in [4.78, 5) is 36.8. The number of benzene rings is 2. The van der Waals surface area contributed by atoms with Crippen molar-refractivity contribution >= 4 is 28.5 Å². The molecule has 0 saturated heterocycles. The number of amides is 3. The van der Waals surface area contributed by atoms with Crippen molar-refractivity contribution in [2.75, 3.05) is 6.54 Å². The van der Waals surface area contributed by atoms with Crippen molar-refractivity contribution in [2.24, 2.45) is 23.3 Å². The average molecular weight is 453 g/mol. The molecule has 0 aliphatic carbocycles. The summed E-state index contributed by atoms with van der Waals surface area (Å²) in [6, 6.07) is 12.5. The van der Waals surface area contributed by atoms with Crippen molar-refractivity contribution in [3.63, 3.8) is 0 Å². The maximum Gasteiger partial charge on any atom is 0.243 e. The van der Waals surface area contributed by atoms with Crippen LogP contribution in [0.4, 0.5) is 0 Å². The van der Waals surface area contributed by atoms with Crippen molar-refractivity contribution < 1.29 is 14.4 Å². The third-order valence-electron chi connectivity index (χ3n) is 6.05. The Morgan fingerprint density at radius 1 is 1.09 bits per heavy atom. The molecule has 7 nitrogen and oxygen atoms in total. The number of rotatable bonds is 13. The smallest absolute Gasteiger partial charge is 0.243 e. The quantitative estimate of drug-likeness (QED) is 0.348. The molecule has 0 aliphatic heterocycles. The summed E-state index contributed by atoms with van der Waals surface area (Å²) in [5.74, 6) is -1.55. The van der Waals surface area contributed by atoms with E-state index in [0.29, 0.717) is 13.0 Å². The molecule has 2 rings (SSSR count). The molecule has 6 N–H and O–H groups in total. The molecule has 0 aliphatic rings. The molecule has 4 atom stereocenters. The molecule has 178 valence electrons. The summed E-state index contributed by atoms with van der Waals surface area (Å²) in [7, 11) is 0. The maximum absolute atomic E-state index is 12.8. The second-order valence-corrected chi connectivity index (χ2v) is 8.62. The molecule has 0 heterocycles. The van der Waals surface area contributed by atoms with Gasteiger partial charge in [-0.25, -0.2) is 0 Å². The second-order valence-electron chi connectivity index (χ2n) is 8.62. The van der Waals surface area contributed by atoms with Crippen molar-refractivity contribution in [3.05, 3.63) is 60.7 Å². The van der Waals surface area contributed by atoms with Crippen LogP contribution in [0.2, 0.25) is 0 Å². The van der Waals surface area contributed by atoms with Crippen molar-refractivity contribution in [2.45, 2.75) is 51.6 Å². The van der Waals surface area contributed by atoms with Gasteiger partial charge in [0.25, 0.3) is 0 Å². The van der Waals surface area contributed by atoms with E-state index in [1.54, 1.807) is 0 Å². The van der Waals surface area contributed by atoms with Gasteiger partial charge in [-0.15, -0.1) is 6.58 Å². The minimum Gasteiger partial charge on any atom is -0.370 e. The number of nitrogens with two attached hydrogens (primary N) is 2. The van der Waals surface area contributed by atoms with E-state index in [0.717, 1.165) is 12.8 Å². The first-order valence-corrected chi connectivity index (χ1v) is 11.5. The lowest BCUT2D eigenvalue weighted by Crippen LogP contribution is -2.54. The molecular formula is C26H36N4O3. The van der Waals surface area contributed by atoms with Crippen LogP contribution in [0.5, 0.6) is 0 Å². The SMILES string of the molecule is C=CC[C@H](CNC(=O)[C@H](CC(N)=O)NC(=O)[C@@H](N)[C@H](C)CC)Cc1cccc2ccccc12. The van der Waals surface area contributed by atoms with Crippen LogP contribution in [0, 0.1) is 11.8 Å². The molecule has 2 aromatic rings. The number of hydrogen-bond acceptors (Lipinski definition) is 4. The molecule has 0 spiro atoms. The molecule has 7 heteroatoms.